The molecule has 0 radical (unpaired) electrons. The summed E-state index contributed by atoms with van der Waals surface area (Å²) in [6.07, 6.45) is 1.84. The van der Waals surface area contributed by atoms with Crippen molar-refractivity contribution in [1.82, 2.24) is 10.6 Å². The van der Waals surface area contributed by atoms with Crippen LogP contribution < -0.4 is 20.3 Å². The number of nitrogens with zero attached hydrogens (tertiary/aromatic N) is 1. The number of aliphatic hydroxyl groups is 1. The minimum atomic E-state index is -0.986. The number of carbonyl (C=O) groups excluding carboxylic acids is 2. The van der Waals surface area contributed by atoms with Crippen molar-refractivity contribution in [3.63, 3.8) is 0 Å². The molecule has 2 amide bonds. The van der Waals surface area contributed by atoms with Crippen LogP contribution in [0.25, 0.3) is 0 Å². The molecule has 1 saturated heterocycles. The number of ether oxygens (including phenoxy) is 1. The molecule has 0 unspecified atom stereocenters. The minimum Gasteiger partial charge on any atom is -0.497 e. The number of carbonyl (C=O) groups is 2. The molecule has 1 fully saturated rings. The normalized spacial score (nSPS) is 15.0. The van der Waals surface area contributed by atoms with E-state index in [0.29, 0.717) is 32.2 Å². The summed E-state index contributed by atoms with van der Waals surface area (Å²) in [6, 6.07) is 19.8. The van der Waals surface area contributed by atoms with Crippen molar-refractivity contribution >= 4 is 17.5 Å². The van der Waals surface area contributed by atoms with Crippen LogP contribution in [-0.4, -0.2) is 49.3 Å². The van der Waals surface area contributed by atoms with E-state index in [2.05, 4.69) is 10.6 Å². The lowest BCUT2D eigenvalue weighted by Gasteiger charge is -2.31. The Balaban J connectivity index is 1.58. The zero-order chi connectivity index (χ0) is 30.3. The molecule has 0 aromatic heterocycles. The quantitative estimate of drug-likeness (QED) is 0.263. The van der Waals surface area contributed by atoms with E-state index in [0.717, 1.165) is 28.9 Å². The lowest BCUT2D eigenvalue weighted by atomic mass is 9.93. The molecule has 3 N–H and O–H groups in total. The maximum Gasteiger partial charge on any atom is 0.254 e. The number of aliphatic hydroxyl groups excluding tert-OH is 1. The van der Waals surface area contributed by atoms with Gasteiger partial charge in [0.25, 0.3) is 5.91 Å². The second-order valence-corrected chi connectivity index (χ2v) is 11.5. The van der Waals surface area contributed by atoms with Crippen molar-refractivity contribution in [2.75, 3.05) is 25.1 Å². The van der Waals surface area contributed by atoms with Crippen LogP contribution in [0.1, 0.15) is 67.1 Å². The molecule has 1 heterocycles. The molecule has 1 aliphatic rings. The van der Waals surface area contributed by atoms with Gasteiger partial charge in [0.1, 0.15) is 5.75 Å². The Morgan fingerprint density at radius 1 is 1.10 bits per heavy atom. The first-order valence-electron chi connectivity index (χ1n) is 14.7. The molecule has 8 heteroatoms. The molecule has 0 bridgehead atoms. The third-order valence-electron chi connectivity index (χ3n) is 7.88. The summed E-state index contributed by atoms with van der Waals surface area (Å²) in [6.45, 7) is 6.63. The first-order valence-corrected chi connectivity index (χ1v) is 14.7. The van der Waals surface area contributed by atoms with Gasteiger partial charge in [0.2, 0.25) is 5.91 Å². The van der Waals surface area contributed by atoms with Crippen molar-refractivity contribution in [1.29, 1.82) is 0 Å². The summed E-state index contributed by atoms with van der Waals surface area (Å²) < 4.78 is 21.2. The third kappa shape index (κ3) is 7.55. The molecule has 3 aromatic carbocycles. The Hall–Kier alpha value is -3.75. The molecule has 7 nitrogen and oxygen atoms in total. The Morgan fingerprint density at radius 3 is 2.52 bits per heavy atom. The Morgan fingerprint density at radius 2 is 1.86 bits per heavy atom. The zero-order valence-electron chi connectivity index (χ0n) is 25.0. The number of hydrogen-bond acceptors (Lipinski definition) is 5. The number of nitrogens with one attached hydrogen (secondary N) is 2. The van der Waals surface area contributed by atoms with Crippen molar-refractivity contribution in [3.8, 4) is 5.75 Å². The second-order valence-electron chi connectivity index (χ2n) is 11.5. The lowest BCUT2D eigenvalue weighted by molar-refractivity contribution is -0.117. The maximum absolute atomic E-state index is 15.9. The van der Waals surface area contributed by atoms with Gasteiger partial charge in [-0.15, -0.1) is 0 Å². The highest BCUT2D eigenvalue weighted by Gasteiger charge is 2.30. The van der Waals surface area contributed by atoms with E-state index in [4.69, 9.17) is 4.74 Å². The van der Waals surface area contributed by atoms with Crippen molar-refractivity contribution in [2.45, 2.75) is 70.6 Å². The van der Waals surface area contributed by atoms with Crippen molar-refractivity contribution in [3.05, 3.63) is 94.8 Å². The Bertz CT molecular complexity index is 1380. The molecule has 1 aliphatic heterocycles. The maximum atomic E-state index is 15.9. The largest absolute Gasteiger partial charge is 0.497 e. The number of methoxy groups -OCH3 is 1. The van der Waals surface area contributed by atoms with Crippen molar-refractivity contribution < 1.29 is 23.8 Å². The number of hydrogen-bond donors (Lipinski definition) is 3. The van der Waals surface area contributed by atoms with E-state index in [1.807, 2.05) is 75.4 Å². The zero-order valence-corrected chi connectivity index (χ0v) is 25.0. The van der Waals surface area contributed by atoms with Crippen LogP contribution in [-0.2, 0) is 23.2 Å². The summed E-state index contributed by atoms with van der Waals surface area (Å²) in [7, 11) is 1.62. The molecular weight excluding hydrogens is 533 g/mol. The van der Waals surface area contributed by atoms with Gasteiger partial charge in [-0.2, -0.15) is 0 Å². The van der Waals surface area contributed by atoms with E-state index in [1.165, 1.54) is 4.90 Å². The number of anilines is 1. The topological polar surface area (TPSA) is 90.9 Å². The number of halogens is 1. The highest BCUT2D eigenvalue weighted by atomic mass is 19.1. The summed E-state index contributed by atoms with van der Waals surface area (Å²) >= 11 is 0. The predicted octanol–water partition coefficient (Wildman–Crippen LogP) is 5.14. The summed E-state index contributed by atoms with van der Waals surface area (Å²) in [4.78, 5) is 27.6. The molecule has 2 atom stereocenters. The van der Waals surface area contributed by atoms with E-state index >= 15 is 4.39 Å². The smallest absolute Gasteiger partial charge is 0.254 e. The van der Waals surface area contributed by atoms with Gasteiger partial charge in [-0.1, -0.05) is 55.8 Å². The van der Waals surface area contributed by atoms with Gasteiger partial charge in [0.05, 0.1) is 30.5 Å². The first kappa shape index (κ1) is 31.2. The van der Waals surface area contributed by atoms with Crippen LogP contribution in [0.3, 0.4) is 0 Å². The van der Waals surface area contributed by atoms with Crippen molar-refractivity contribution in [2.24, 2.45) is 0 Å². The van der Waals surface area contributed by atoms with Crippen LogP contribution in [0.15, 0.2) is 66.7 Å². The molecule has 42 heavy (non-hydrogen) atoms. The van der Waals surface area contributed by atoms with E-state index in [9.17, 15) is 14.7 Å². The fourth-order valence-corrected chi connectivity index (χ4v) is 5.38. The van der Waals surface area contributed by atoms with Gasteiger partial charge >= 0.3 is 0 Å². The fraction of sp³-hybridized carbons (Fsp3) is 0.412. The molecule has 4 rings (SSSR count). The molecule has 0 saturated carbocycles. The van der Waals surface area contributed by atoms with Crippen LogP contribution in [0, 0.1) is 5.82 Å². The molecular formula is C34H42FN3O4. The number of benzene rings is 3. The summed E-state index contributed by atoms with van der Waals surface area (Å²) in [5, 5.41) is 17.7. The predicted molar refractivity (Wildman–Crippen MR) is 163 cm³/mol. The van der Waals surface area contributed by atoms with Crippen LogP contribution in [0.5, 0.6) is 5.75 Å². The number of aryl methyl sites for hydroxylation is 1. The number of amides is 2. The highest BCUT2D eigenvalue weighted by molar-refractivity contribution is 6.00. The van der Waals surface area contributed by atoms with Gasteiger partial charge in [0.15, 0.2) is 5.82 Å². The SMILES string of the molecule is CCCc1cc(C(=O)N[C@@H](Cc2ccccc2)[C@H](O)CNC(C)(C)c2cccc(OC)c2)c(F)c(N2CCCC2=O)c1. The van der Waals surface area contributed by atoms with Gasteiger partial charge in [-0.05, 0) is 74.1 Å². The molecule has 224 valence electrons. The summed E-state index contributed by atoms with van der Waals surface area (Å²) in [5.41, 5.74) is 2.23. The standard InChI is InChI=1S/C34H42FN3O4/c1-5-11-24-18-27(32(35)29(20-24)38-17-10-16-31(38)40)33(41)37-28(19-23-12-7-6-8-13-23)30(39)22-36-34(2,3)25-14-9-15-26(21-25)42-4/h6-9,12-15,18,20-21,28,30,36,39H,5,10-11,16-17,19,22H2,1-4H3,(H,37,41)/t28-,30+/m0/s1. The third-order valence-corrected chi connectivity index (χ3v) is 7.88. The molecule has 3 aromatic rings. The van der Waals surface area contributed by atoms with Crippen LogP contribution in [0.4, 0.5) is 10.1 Å². The molecule has 0 aliphatic carbocycles. The summed E-state index contributed by atoms with van der Waals surface area (Å²) in [5.74, 6) is -0.742. The van der Waals surface area contributed by atoms with Crippen LogP contribution >= 0.6 is 0 Å². The van der Waals surface area contributed by atoms with Crippen LogP contribution in [0.2, 0.25) is 0 Å². The first-order chi connectivity index (χ1) is 20.1. The lowest BCUT2D eigenvalue weighted by Crippen LogP contribution is -2.51. The average molecular weight is 576 g/mol. The monoisotopic (exact) mass is 575 g/mol. The van der Waals surface area contributed by atoms with E-state index in [1.54, 1.807) is 19.2 Å². The Kier molecular flexibility index (Phi) is 10.4. The fourth-order valence-electron chi connectivity index (χ4n) is 5.38. The second kappa shape index (κ2) is 13.9. The highest BCUT2D eigenvalue weighted by Crippen LogP contribution is 2.29. The van der Waals surface area contributed by atoms with Gasteiger partial charge in [-0.25, -0.2) is 4.39 Å². The minimum absolute atomic E-state index is 0.120. The van der Waals surface area contributed by atoms with E-state index in [-0.39, 0.29) is 23.7 Å². The Labute approximate surface area is 248 Å². The van der Waals surface area contributed by atoms with E-state index < -0.39 is 29.4 Å². The number of rotatable bonds is 13. The van der Waals surface area contributed by atoms with Gasteiger partial charge in [0, 0.05) is 25.0 Å². The van der Waals surface area contributed by atoms with Gasteiger partial charge in [-0.3, -0.25) is 9.59 Å². The average Bonchev–Trinajstić information content (AvgIpc) is 3.42. The van der Waals surface area contributed by atoms with Gasteiger partial charge < -0.3 is 25.4 Å². The molecule has 0 spiro atoms.